The fourth-order valence-electron chi connectivity index (χ4n) is 2.42. The van der Waals surface area contributed by atoms with Gasteiger partial charge in [0.05, 0.1) is 13.2 Å². The normalized spacial score (nSPS) is 17.7. The molecule has 18 heavy (non-hydrogen) atoms. The van der Waals surface area contributed by atoms with E-state index in [0.717, 1.165) is 44.7 Å². The van der Waals surface area contributed by atoms with Crippen molar-refractivity contribution < 1.29 is 4.74 Å². The summed E-state index contributed by atoms with van der Waals surface area (Å²) in [6.07, 6.45) is 5.08. The van der Waals surface area contributed by atoms with Crippen LogP contribution in [0.15, 0.2) is 30.9 Å². The molecule has 2 rings (SSSR count). The molecule has 1 aromatic carbocycles. The predicted octanol–water partition coefficient (Wildman–Crippen LogP) is 2.44. The van der Waals surface area contributed by atoms with Crippen LogP contribution in [0.1, 0.15) is 30.0 Å². The van der Waals surface area contributed by atoms with Crippen LogP contribution in [0, 0.1) is 0 Å². The third kappa shape index (κ3) is 3.34. The first-order valence-corrected chi connectivity index (χ1v) is 6.61. The third-order valence-corrected chi connectivity index (χ3v) is 3.35. The molecule has 0 fully saturated rings. The highest BCUT2D eigenvalue weighted by Gasteiger charge is 2.21. The SMILES string of the molecule is C=CCCOCCNC1CCc2cc(N)ccc21. The van der Waals surface area contributed by atoms with Crippen molar-refractivity contribution in [3.63, 3.8) is 0 Å². The largest absolute Gasteiger partial charge is 0.399 e. The summed E-state index contributed by atoms with van der Waals surface area (Å²) in [4.78, 5) is 0. The number of fused-ring (bicyclic) bond motifs is 1. The smallest absolute Gasteiger partial charge is 0.0591 e. The molecule has 1 aliphatic rings. The monoisotopic (exact) mass is 246 g/mol. The number of anilines is 1. The summed E-state index contributed by atoms with van der Waals surface area (Å²) in [6, 6.07) is 6.69. The van der Waals surface area contributed by atoms with Gasteiger partial charge in [0.1, 0.15) is 0 Å². The van der Waals surface area contributed by atoms with Crippen molar-refractivity contribution >= 4 is 5.69 Å². The number of ether oxygens (including phenoxy) is 1. The van der Waals surface area contributed by atoms with Crippen molar-refractivity contribution in [2.24, 2.45) is 0 Å². The van der Waals surface area contributed by atoms with Crippen LogP contribution < -0.4 is 11.1 Å². The predicted molar refractivity (Wildman–Crippen MR) is 75.6 cm³/mol. The molecule has 1 atom stereocenters. The zero-order chi connectivity index (χ0) is 12.8. The van der Waals surface area contributed by atoms with Crippen LogP contribution >= 0.6 is 0 Å². The minimum Gasteiger partial charge on any atom is -0.399 e. The Kier molecular flexibility index (Phi) is 4.79. The Morgan fingerprint density at radius 1 is 1.44 bits per heavy atom. The lowest BCUT2D eigenvalue weighted by Gasteiger charge is -2.14. The Labute approximate surface area is 109 Å². The maximum atomic E-state index is 5.80. The number of hydrogen-bond acceptors (Lipinski definition) is 3. The van der Waals surface area contributed by atoms with Crippen molar-refractivity contribution in [1.29, 1.82) is 0 Å². The van der Waals surface area contributed by atoms with E-state index in [1.165, 1.54) is 11.1 Å². The lowest BCUT2D eigenvalue weighted by Crippen LogP contribution is -2.23. The highest BCUT2D eigenvalue weighted by Crippen LogP contribution is 2.31. The van der Waals surface area contributed by atoms with E-state index in [0.29, 0.717) is 6.04 Å². The van der Waals surface area contributed by atoms with Crippen LogP contribution in [-0.2, 0) is 11.2 Å². The van der Waals surface area contributed by atoms with Crippen molar-refractivity contribution in [2.75, 3.05) is 25.5 Å². The van der Waals surface area contributed by atoms with Crippen LogP contribution in [0.25, 0.3) is 0 Å². The van der Waals surface area contributed by atoms with Crippen LogP contribution in [0.4, 0.5) is 5.69 Å². The van der Waals surface area contributed by atoms with E-state index in [4.69, 9.17) is 10.5 Å². The van der Waals surface area contributed by atoms with E-state index in [1.54, 1.807) is 0 Å². The Balaban J connectivity index is 1.74. The maximum absolute atomic E-state index is 5.80. The van der Waals surface area contributed by atoms with Gasteiger partial charge in [-0.15, -0.1) is 6.58 Å². The Morgan fingerprint density at radius 3 is 3.17 bits per heavy atom. The average Bonchev–Trinajstić information content (AvgIpc) is 2.76. The van der Waals surface area contributed by atoms with Gasteiger partial charge in [0.25, 0.3) is 0 Å². The number of benzene rings is 1. The Hall–Kier alpha value is -1.32. The molecule has 0 amide bonds. The minimum absolute atomic E-state index is 0.462. The fourth-order valence-corrected chi connectivity index (χ4v) is 2.42. The molecule has 0 radical (unpaired) electrons. The highest BCUT2D eigenvalue weighted by atomic mass is 16.5. The molecule has 0 aromatic heterocycles. The lowest BCUT2D eigenvalue weighted by molar-refractivity contribution is 0.138. The van der Waals surface area contributed by atoms with Crippen LogP contribution in [0.3, 0.4) is 0 Å². The average molecular weight is 246 g/mol. The van der Waals surface area contributed by atoms with Gasteiger partial charge < -0.3 is 15.8 Å². The minimum atomic E-state index is 0.462. The molecule has 0 aliphatic heterocycles. The molecule has 1 aromatic rings. The number of aryl methyl sites for hydroxylation is 1. The number of nitrogens with one attached hydrogen (secondary N) is 1. The van der Waals surface area contributed by atoms with Gasteiger partial charge in [0.2, 0.25) is 0 Å². The number of rotatable bonds is 7. The van der Waals surface area contributed by atoms with Crippen molar-refractivity contribution in [3.8, 4) is 0 Å². The Bertz CT molecular complexity index is 403. The zero-order valence-electron chi connectivity index (χ0n) is 10.8. The van der Waals surface area contributed by atoms with Gasteiger partial charge in [-0.25, -0.2) is 0 Å². The van der Waals surface area contributed by atoms with Crippen LogP contribution in [-0.4, -0.2) is 19.8 Å². The third-order valence-electron chi connectivity index (χ3n) is 3.35. The summed E-state index contributed by atoms with van der Waals surface area (Å²) in [5.41, 5.74) is 9.45. The summed E-state index contributed by atoms with van der Waals surface area (Å²) in [7, 11) is 0. The first kappa shape index (κ1) is 13.1. The van der Waals surface area contributed by atoms with Crippen LogP contribution in [0.5, 0.6) is 0 Å². The Morgan fingerprint density at radius 2 is 2.33 bits per heavy atom. The molecule has 1 unspecified atom stereocenters. The van der Waals surface area contributed by atoms with Gasteiger partial charge in [0.15, 0.2) is 0 Å². The van der Waals surface area contributed by atoms with E-state index >= 15 is 0 Å². The molecule has 98 valence electrons. The number of nitrogen functional groups attached to an aromatic ring is 1. The molecule has 0 saturated heterocycles. The van der Waals surface area contributed by atoms with E-state index < -0.39 is 0 Å². The lowest BCUT2D eigenvalue weighted by atomic mass is 10.1. The summed E-state index contributed by atoms with van der Waals surface area (Å²) >= 11 is 0. The second-order valence-corrected chi connectivity index (χ2v) is 4.69. The quantitative estimate of drug-likeness (QED) is 0.441. The number of nitrogens with two attached hydrogens (primary N) is 1. The first-order valence-electron chi connectivity index (χ1n) is 6.61. The van der Waals surface area contributed by atoms with Gasteiger partial charge in [-0.05, 0) is 42.5 Å². The molecule has 0 bridgehead atoms. The molecule has 3 N–H and O–H groups in total. The van der Waals surface area contributed by atoms with Gasteiger partial charge in [-0.1, -0.05) is 12.1 Å². The standard InChI is InChI=1S/C15H22N2O/c1-2-3-9-18-10-8-17-15-7-4-12-11-13(16)5-6-14(12)15/h2,5-6,11,15,17H,1,3-4,7-10,16H2. The summed E-state index contributed by atoms with van der Waals surface area (Å²) in [5.74, 6) is 0. The molecule has 0 spiro atoms. The molecule has 3 nitrogen and oxygen atoms in total. The highest BCUT2D eigenvalue weighted by molar-refractivity contribution is 5.47. The molecule has 3 heteroatoms. The molecular weight excluding hydrogens is 224 g/mol. The van der Waals surface area contributed by atoms with Gasteiger partial charge in [0, 0.05) is 18.3 Å². The van der Waals surface area contributed by atoms with Crippen molar-refractivity contribution in [2.45, 2.75) is 25.3 Å². The zero-order valence-corrected chi connectivity index (χ0v) is 10.8. The summed E-state index contributed by atoms with van der Waals surface area (Å²) in [5, 5.41) is 3.54. The number of hydrogen-bond donors (Lipinski definition) is 2. The molecule has 1 aliphatic carbocycles. The van der Waals surface area contributed by atoms with Gasteiger partial charge in [-0.3, -0.25) is 0 Å². The summed E-state index contributed by atoms with van der Waals surface area (Å²) in [6.45, 7) is 6.09. The fraction of sp³-hybridized carbons (Fsp3) is 0.467. The first-order chi connectivity index (χ1) is 8.81. The van der Waals surface area contributed by atoms with E-state index in [9.17, 15) is 0 Å². The molecular formula is C15H22N2O. The van der Waals surface area contributed by atoms with E-state index in [1.807, 2.05) is 12.1 Å². The van der Waals surface area contributed by atoms with Crippen LogP contribution in [0.2, 0.25) is 0 Å². The van der Waals surface area contributed by atoms with E-state index in [-0.39, 0.29) is 0 Å². The molecule has 0 heterocycles. The topological polar surface area (TPSA) is 47.3 Å². The van der Waals surface area contributed by atoms with Crippen molar-refractivity contribution in [1.82, 2.24) is 5.32 Å². The summed E-state index contributed by atoms with van der Waals surface area (Å²) < 4.78 is 5.49. The van der Waals surface area contributed by atoms with Gasteiger partial charge >= 0.3 is 0 Å². The van der Waals surface area contributed by atoms with Gasteiger partial charge in [-0.2, -0.15) is 0 Å². The molecule has 0 saturated carbocycles. The second kappa shape index (κ2) is 6.57. The second-order valence-electron chi connectivity index (χ2n) is 4.69. The van der Waals surface area contributed by atoms with Crippen molar-refractivity contribution in [3.05, 3.63) is 42.0 Å². The van der Waals surface area contributed by atoms with E-state index in [2.05, 4.69) is 24.0 Å². The maximum Gasteiger partial charge on any atom is 0.0591 e.